The highest BCUT2D eigenvalue weighted by Gasteiger charge is 2.23. The number of carbonyl (C=O) groups is 1. The highest BCUT2D eigenvalue weighted by Crippen LogP contribution is 2.23. The number of nitrogens with zero attached hydrogens (tertiary/aromatic N) is 4. The number of hydrogen-bond donors (Lipinski definition) is 2. The van der Waals surface area contributed by atoms with Crippen molar-refractivity contribution in [2.75, 3.05) is 37.6 Å². The summed E-state index contributed by atoms with van der Waals surface area (Å²) in [7, 11) is 0. The zero-order valence-corrected chi connectivity index (χ0v) is 19.1. The molecular formula is C24H34N6O2. The third-order valence-electron chi connectivity index (χ3n) is 6.62. The van der Waals surface area contributed by atoms with Crippen molar-refractivity contribution in [2.45, 2.75) is 52.0 Å². The fraction of sp³-hybridized carbons (Fsp3) is 0.583. The number of aromatic amines is 1. The molecule has 2 fully saturated rings. The van der Waals surface area contributed by atoms with Crippen molar-refractivity contribution in [3.63, 3.8) is 0 Å². The molecule has 8 heteroatoms. The van der Waals surface area contributed by atoms with Crippen LogP contribution in [0, 0.1) is 5.92 Å². The van der Waals surface area contributed by atoms with E-state index >= 15 is 0 Å². The molecule has 1 amide bonds. The maximum atomic E-state index is 12.4. The van der Waals surface area contributed by atoms with Gasteiger partial charge in [0.05, 0.1) is 6.54 Å². The zero-order chi connectivity index (χ0) is 22.5. The number of rotatable bonds is 6. The lowest BCUT2D eigenvalue weighted by Crippen LogP contribution is -2.51. The molecule has 0 spiro atoms. The van der Waals surface area contributed by atoms with Gasteiger partial charge in [0.2, 0.25) is 5.91 Å². The summed E-state index contributed by atoms with van der Waals surface area (Å²) >= 11 is 0. The minimum Gasteiger partial charge on any atom is -0.354 e. The van der Waals surface area contributed by atoms with Crippen molar-refractivity contribution in [1.82, 2.24) is 25.2 Å². The molecule has 0 bridgehead atoms. The van der Waals surface area contributed by atoms with Gasteiger partial charge >= 0.3 is 0 Å². The van der Waals surface area contributed by atoms with Crippen molar-refractivity contribution in [3.05, 3.63) is 40.4 Å². The second-order valence-electron chi connectivity index (χ2n) is 9.13. The highest BCUT2D eigenvalue weighted by atomic mass is 16.2. The smallest absolute Gasteiger partial charge is 0.251 e. The number of aryl methyl sites for hydroxylation is 1. The van der Waals surface area contributed by atoms with E-state index in [-0.39, 0.29) is 11.5 Å². The normalized spacial score (nSPS) is 22.0. The number of anilines is 1. The summed E-state index contributed by atoms with van der Waals surface area (Å²) in [6, 6.07) is 5.80. The van der Waals surface area contributed by atoms with Crippen LogP contribution >= 0.6 is 0 Å². The lowest BCUT2D eigenvalue weighted by Gasteiger charge is -2.35. The molecule has 1 saturated heterocycles. The third-order valence-corrected chi connectivity index (χ3v) is 6.62. The molecule has 0 atom stereocenters. The third kappa shape index (κ3) is 5.73. The average molecular weight is 439 g/mol. The minimum absolute atomic E-state index is 0.144. The summed E-state index contributed by atoms with van der Waals surface area (Å²) < 4.78 is 0. The molecule has 8 nitrogen and oxygen atoms in total. The Kier molecular flexibility index (Phi) is 7.19. The van der Waals surface area contributed by atoms with Gasteiger partial charge in [-0.1, -0.05) is 13.8 Å². The second-order valence-corrected chi connectivity index (χ2v) is 9.13. The van der Waals surface area contributed by atoms with Crippen LogP contribution in [0.2, 0.25) is 0 Å². The van der Waals surface area contributed by atoms with E-state index < -0.39 is 0 Å². The summed E-state index contributed by atoms with van der Waals surface area (Å²) in [5.41, 5.74) is 1.42. The Morgan fingerprint density at radius 2 is 1.91 bits per heavy atom. The number of carbonyl (C=O) groups excluding carboxylic acids is 1. The molecular weight excluding hydrogens is 404 g/mol. The van der Waals surface area contributed by atoms with Crippen LogP contribution in [0.4, 0.5) is 5.82 Å². The van der Waals surface area contributed by atoms with Crippen LogP contribution in [0.3, 0.4) is 0 Å². The van der Waals surface area contributed by atoms with Gasteiger partial charge in [-0.3, -0.25) is 14.5 Å². The number of nitrogens with one attached hydrogen (secondary N) is 2. The van der Waals surface area contributed by atoms with Gasteiger partial charge < -0.3 is 15.2 Å². The van der Waals surface area contributed by atoms with Crippen molar-refractivity contribution in [3.8, 4) is 11.4 Å². The van der Waals surface area contributed by atoms with Crippen LogP contribution in [0.1, 0.15) is 45.2 Å². The molecule has 4 rings (SSSR count). The molecule has 1 aliphatic heterocycles. The zero-order valence-electron chi connectivity index (χ0n) is 19.1. The molecule has 3 heterocycles. The molecule has 0 radical (unpaired) electrons. The van der Waals surface area contributed by atoms with E-state index in [2.05, 4.69) is 37.0 Å². The van der Waals surface area contributed by atoms with E-state index in [1.54, 1.807) is 6.20 Å². The number of hydrogen-bond acceptors (Lipinski definition) is 6. The first-order valence-electron chi connectivity index (χ1n) is 11.8. The second kappa shape index (κ2) is 10.3. The number of pyridine rings is 1. The predicted molar refractivity (Wildman–Crippen MR) is 126 cm³/mol. The molecule has 1 saturated carbocycles. The Hall–Kier alpha value is -2.74. The van der Waals surface area contributed by atoms with Crippen LogP contribution in [-0.2, 0) is 11.2 Å². The van der Waals surface area contributed by atoms with Gasteiger partial charge in [-0.25, -0.2) is 9.97 Å². The van der Waals surface area contributed by atoms with Gasteiger partial charge in [0.1, 0.15) is 11.6 Å². The van der Waals surface area contributed by atoms with Crippen molar-refractivity contribution in [2.24, 2.45) is 5.92 Å². The summed E-state index contributed by atoms with van der Waals surface area (Å²) in [5.74, 6) is 2.40. The summed E-state index contributed by atoms with van der Waals surface area (Å²) in [5, 5.41) is 3.23. The van der Waals surface area contributed by atoms with Gasteiger partial charge in [0.15, 0.2) is 0 Å². The minimum atomic E-state index is -0.144. The van der Waals surface area contributed by atoms with Crippen molar-refractivity contribution in [1.29, 1.82) is 0 Å². The summed E-state index contributed by atoms with van der Waals surface area (Å²) in [6.45, 7) is 8.09. The van der Waals surface area contributed by atoms with Gasteiger partial charge in [-0.05, 0) is 50.2 Å². The lowest BCUT2D eigenvalue weighted by molar-refractivity contribution is -0.123. The molecule has 2 aromatic heterocycles. The summed E-state index contributed by atoms with van der Waals surface area (Å²) in [4.78, 5) is 40.6. The SMILES string of the molecule is CCc1cc(=O)[nH]c(-c2ccc(N3CCN(CC(=O)NC4CCC(C)CC4)CC3)nc2)n1. The van der Waals surface area contributed by atoms with E-state index in [0.717, 1.165) is 62.0 Å². The van der Waals surface area contributed by atoms with E-state index in [4.69, 9.17) is 0 Å². The first kappa shape index (κ1) is 22.5. The van der Waals surface area contributed by atoms with Crippen LogP contribution in [0.25, 0.3) is 11.4 Å². The molecule has 2 aliphatic rings. The van der Waals surface area contributed by atoms with Gasteiger partial charge in [-0.15, -0.1) is 0 Å². The molecule has 2 N–H and O–H groups in total. The number of H-pyrrole nitrogens is 1. The van der Waals surface area contributed by atoms with E-state index in [1.165, 1.54) is 18.9 Å². The van der Waals surface area contributed by atoms with E-state index in [9.17, 15) is 9.59 Å². The Morgan fingerprint density at radius 3 is 2.56 bits per heavy atom. The standard InChI is InChI=1S/C24H34N6O2/c1-3-19-14-22(31)28-24(27-19)18-6-9-21(25-15-18)30-12-10-29(11-13-30)16-23(32)26-20-7-4-17(2)5-8-20/h6,9,14-15,17,20H,3-5,7-8,10-13,16H2,1-2H3,(H,26,32)(H,27,28,31). The number of piperazine rings is 1. The molecule has 0 unspecified atom stereocenters. The number of aromatic nitrogens is 3. The Labute approximate surface area is 189 Å². The first-order chi connectivity index (χ1) is 15.5. The fourth-order valence-corrected chi connectivity index (χ4v) is 4.55. The molecule has 1 aliphatic carbocycles. The van der Waals surface area contributed by atoms with Crippen LogP contribution < -0.4 is 15.8 Å². The summed E-state index contributed by atoms with van der Waals surface area (Å²) in [6.07, 6.45) is 7.11. The maximum absolute atomic E-state index is 12.4. The quantitative estimate of drug-likeness (QED) is 0.718. The van der Waals surface area contributed by atoms with Crippen molar-refractivity contribution >= 4 is 11.7 Å². The van der Waals surface area contributed by atoms with Gasteiger partial charge in [0, 0.05) is 55.7 Å². The average Bonchev–Trinajstić information content (AvgIpc) is 2.81. The van der Waals surface area contributed by atoms with Crippen LogP contribution in [-0.4, -0.2) is 64.5 Å². The largest absolute Gasteiger partial charge is 0.354 e. The first-order valence-corrected chi connectivity index (χ1v) is 11.8. The lowest BCUT2D eigenvalue weighted by atomic mass is 9.87. The fourth-order valence-electron chi connectivity index (χ4n) is 4.55. The molecule has 32 heavy (non-hydrogen) atoms. The van der Waals surface area contributed by atoms with Gasteiger partial charge in [0.25, 0.3) is 5.56 Å². The van der Waals surface area contributed by atoms with Crippen LogP contribution in [0.5, 0.6) is 0 Å². The molecule has 0 aromatic carbocycles. The highest BCUT2D eigenvalue weighted by molar-refractivity contribution is 5.78. The Morgan fingerprint density at radius 1 is 1.16 bits per heavy atom. The van der Waals surface area contributed by atoms with Crippen molar-refractivity contribution < 1.29 is 4.79 Å². The molecule has 2 aromatic rings. The monoisotopic (exact) mass is 438 g/mol. The maximum Gasteiger partial charge on any atom is 0.251 e. The Balaban J connectivity index is 1.27. The molecule has 172 valence electrons. The van der Waals surface area contributed by atoms with E-state index in [1.807, 2.05) is 19.1 Å². The number of amides is 1. The van der Waals surface area contributed by atoms with E-state index in [0.29, 0.717) is 24.8 Å². The predicted octanol–water partition coefficient (Wildman–Crippen LogP) is 2.21. The topological polar surface area (TPSA) is 94.2 Å². The van der Waals surface area contributed by atoms with Crippen LogP contribution in [0.15, 0.2) is 29.2 Å². The van der Waals surface area contributed by atoms with Gasteiger partial charge in [-0.2, -0.15) is 0 Å². The Bertz CT molecular complexity index is 957.